The van der Waals surface area contributed by atoms with Crippen LogP contribution in [0.3, 0.4) is 0 Å². The highest BCUT2D eigenvalue weighted by molar-refractivity contribution is 5.48. The van der Waals surface area contributed by atoms with Gasteiger partial charge in [-0.1, -0.05) is 17.7 Å². The molecule has 0 aromatic heterocycles. The van der Waals surface area contributed by atoms with Crippen molar-refractivity contribution in [2.75, 3.05) is 44.2 Å². The van der Waals surface area contributed by atoms with Gasteiger partial charge in [-0.05, 0) is 19.1 Å². The number of rotatable bonds is 1. The summed E-state index contributed by atoms with van der Waals surface area (Å²) in [5.74, 6) is 0. The second-order valence-corrected chi connectivity index (χ2v) is 5.18. The van der Waals surface area contributed by atoms with Crippen molar-refractivity contribution >= 4 is 5.69 Å². The number of hydrogen-bond acceptors (Lipinski definition) is 3. The predicted octanol–water partition coefficient (Wildman–Crippen LogP) is 1.09. The van der Waals surface area contributed by atoms with Crippen LogP contribution < -0.4 is 10.2 Å². The monoisotopic (exact) mass is 231 g/mol. The largest absolute Gasteiger partial charge is 0.369 e. The molecule has 0 spiro atoms. The van der Waals surface area contributed by atoms with E-state index in [2.05, 4.69) is 46.3 Å². The van der Waals surface area contributed by atoms with E-state index in [1.54, 1.807) is 0 Å². The van der Waals surface area contributed by atoms with Crippen LogP contribution in [-0.2, 0) is 0 Å². The van der Waals surface area contributed by atoms with Gasteiger partial charge in [-0.3, -0.25) is 4.90 Å². The van der Waals surface area contributed by atoms with Gasteiger partial charge in [0.05, 0.1) is 0 Å². The van der Waals surface area contributed by atoms with Crippen LogP contribution in [0, 0.1) is 6.92 Å². The quantitative estimate of drug-likeness (QED) is 0.780. The Morgan fingerprint density at radius 3 is 2.76 bits per heavy atom. The molecule has 1 aromatic carbocycles. The SMILES string of the molecule is Cc1ccc(N2CCN3CCNCC3C2)cc1. The van der Waals surface area contributed by atoms with E-state index in [1.165, 1.54) is 30.9 Å². The molecule has 92 valence electrons. The van der Waals surface area contributed by atoms with E-state index in [4.69, 9.17) is 0 Å². The first-order valence-electron chi connectivity index (χ1n) is 6.59. The smallest absolute Gasteiger partial charge is 0.0397 e. The second-order valence-electron chi connectivity index (χ2n) is 5.18. The van der Waals surface area contributed by atoms with Gasteiger partial charge in [-0.2, -0.15) is 0 Å². The third-order valence-electron chi connectivity index (χ3n) is 3.96. The lowest BCUT2D eigenvalue weighted by atomic mass is 10.1. The van der Waals surface area contributed by atoms with Crippen molar-refractivity contribution in [3.63, 3.8) is 0 Å². The van der Waals surface area contributed by atoms with Gasteiger partial charge in [0.2, 0.25) is 0 Å². The minimum Gasteiger partial charge on any atom is -0.369 e. The molecule has 0 bridgehead atoms. The molecule has 0 radical (unpaired) electrons. The first-order valence-corrected chi connectivity index (χ1v) is 6.59. The first-order chi connectivity index (χ1) is 8.33. The Kier molecular flexibility index (Phi) is 3.04. The molecule has 2 fully saturated rings. The van der Waals surface area contributed by atoms with Gasteiger partial charge in [-0.25, -0.2) is 0 Å². The zero-order chi connectivity index (χ0) is 11.7. The molecular weight excluding hydrogens is 210 g/mol. The molecule has 1 N–H and O–H groups in total. The molecule has 3 heteroatoms. The van der Waals surface area contributed by atoms with E-state index < -0.39 is 0 Å². The van der Waals surface area contributed by atoms with E-state index >= 15 is 0 Å². The standard InChI is InChI=1S/C14H21N3/c1-12-2-4-13(5-3-12)17-9-8-16-7-6-15-10-14(16)11-17/h2-5,14-15H,6-11H2,1H3. The molecule has 2 saturated heterocycles. The summed E-state index contributed by atoms with van der Waals surface area (Å²) in [6.07, 6.45) is 0. The minimum absolute atomic E-state index is 0.693. The number of nitrogens with one attached hydrogen (secondary N) is 1. The second kappa shape index (κ2) is 4.67. The molecule has 2 heterocycles. The third-order valence-corrected chi connectivity index (χ3v) is 3.96. The number of benzene rings is 1. The molecule has 0 amide bonds. The molecule has 3 nitrogen and oxygen atoms in total. The third kappa shape index (κ3) is 2.31. The number of fused-ring (bicyclic) bond motifs is 1. The first kappa shape index (κ1) is 11.1. The fourth-order valence-corrected chi connectivity index (χ4v) is 2.86. The summed E-state index contributed by atoms with van der Waals surface area (Å²) in [6.45, 7) is 9.19. The Morgan fingerprint density at radius 2 is 1.94 bits per heavy atom. The van der Waals surface area contributed by atoms with Gasteiger partial charge in [0.15, 0.2) is 0 Å². The minimum atomic E-state index is 0.693. The lowest BCUT2D eigenvalue weighted by molar-refractivity contribution is 0.146. The van der Waals surface area contributed by atoms with Crippen molar-refractivity contribution in [1.29, 1.82) is 0 Å². The summed E-state index contributed by atoms with van der Waals surface area (Å²) in [5, 5.41) is 3.50. The van der Waals surface area contributed by atoms with Crippen LogP contribution in [0.1, 0.15) is 5.56 Å². The molecule has 0 saturated carbocycles. The summed E-state index contributed by atoms with van der Waals surface area (Å²) in [6, 6.07) is 9.61. The lowest BCUT2D eigenvalue weighted by Crippen LogP contribution is -2.61. The zero-order valence-corrected chi connectivity index (χ0v) is 10.5. The average Bonchev–Trinajstić information content (AvgIpc) is 2.39. The van der Waals surface area contributed by atoms with Gasteiger partial charge in [0, 0.05) is 51.0 Å². The Balaban J connectivity index is 1.71. The molecule has 1 atom stereocenters. The van der Waals surface area contributed by atoms with Crippen molar-refractivity contribution < 1.29 is 0 Å². The van der Waals surface area contributed by atoms with Crippen molar-refractivity contribution in [2.24, 2.45) is 0 Å². The lowest BCUT2D eigenvalue weighted by Gasteiger charge is -2.45. The van der Waals surface area contributed by atoms with E-state index in [9.17, 15) is 0 Å². The maximum absolute atomic E-state index is 3.50. The molecule has 0 aliphatic carbocycles. The predicted molar refractivity (Wildman–Crippen MR) is 71.6 cm³/mol. The number of piperazine rings is 2. The van der Waals surface area contributed by atoms with Crippen LogP contribution in [-0.4, -0.2) is 50.2 Å². The Labute approximate surface area is 103 Å². The summed E-state index contributed by atoms with van der Waals surface area (Å²) >= 11 is 0. The van der Waals surface area contributed by atoms with Crippen molar-refractivity contribution in [1.82, 2.24) is 10.2 Å². The summed E-state index contributed by atoms with van der Waals surface area (Å²) in [4.78, 5) is 5.15. The maximum atomic E-state index is 3.50. The van der Waals surface area contributed by atoms with Crippen LogP contribution in [0.4, 0.5) is 5.69 Å². The highest BCUT2D eigenvalue weighted by Crippen LogP contribution is 2.20. The summed E-state index contributed by atoms with van der Waals surface area (Å²) in [5.41, 5.74) is 2.72. The highest BCUT2D eigenvalue weighted by Gasteiger charge is 2.28. The fourth-order valence-electron chi connectivity index (χ4n) is 2.86. The normalized spacial score (nSPS) is 25.7. The highest BCUT2D eigenvalue weighted by atomic mass is 15.3. The van der Waals surface area contributed by atoms with Crippen LogP contribution in [0.5, 0.6) is 0 Å². The van der Waals surface area contributed by atoms with Crippen LogP contribution in [0.2, 0.25) is 0 Å². The van der Waals surface area contributed by atoms with Crippen LogP contribution >= 0.6 is 0 Å². The van der Waals surface area contributed by atoms with Crippen molar-refractivity contribution in [2.45, 2.75) is 13.0 Å². The van der Waals surface area contributed by atoms with Crippen molar-refractivity contribution in [3.05, 3.63) is 29.8 Å². The summed E-state index contributed by atoms with van der Waals surface area (Å²) in [7, 11) is 0. The van der Waals surface area contributed by atoms with Gasteiger partial charge >= 0.3 is 0 Å². The fraction of sp³-hybridized carbons (Fsp3) is 0.571. The number of anilines is 1. The molecule has 2 aliphatic heterocycles. The van der Waals surface area contributed by atoms with E-state index in [1.807, 2.05) is 0 Å². The van der Waals surface area contributed by atoms with Gasteiger partial charge in [0.25, 0.3) is 0 Å². The Morgan fingerprint density at radius 1 is 1.12 bits per heavy atom. The van der Waals surface area contributed by atoms with E-state index in [0.29, 0.717) is 6.04 Å². The Hall–Kier alpha value is -1.06. The molecule has 2 aliphatic rings. The number of nitrogens with zero attached hydrogens (tertiary/aromatic N) is 2. The molecule has 17 heavy (non-hydrogen) atoms. The van der Waals surface area contributed by atoms with Gasteiger partial charge < -0.3 is 10.2 Å². The summed E-state index contributed by atoms with van der Waals surface area (Å²) < 4.78 is 0. The number of aryl methyl sites for hydroxylation is 1. The van der Waals surface area contributed by atoms with Crippen molar-refractivity contribution in [3.8, 4) is 0 Å². The van der Waals surface area contributed by atoms with E-state index in [-0.39, 0.29) is 0 Å². The van der Waals surface area contributed by atoms with Gasteiger partial charge in [0.1, 0.15) is 0 Å². The molecule has 1 aromatic rings. The van der Waals surface area contributed by atoms with E-state index in [0.717, 1.165) is 19.6 Å². The molecule has 3 rings (SSSR count). The Bertz CT molecular complexity index is 374. The van der Waals surface area contributed by atoms with Crippen LogP contribution in [0.25, 0.3) is 0 Å². The molecular formula is C14H21N3. The van der Waals surface area contributed by atoms with Crippen LogP contribution in [0.15, 0.2) is 24.3 Å². The topological polar surface area (TPSA) is 18.5 Å². The zero-order valence-electron chi connectivity index (χ0n) is 10.5. The number of hydrogen-bond donors (Lipinski definition) is 1. The average molecular weight is 231 g/mol. The van der Waals surface area contributed by atoms with Gasteiger partial charge in [-0.15, -0.1) is 0 Å². The molecule has 1 unspecified atom stereocenters. The maximum Gasteiger partial charge on any atom is 0.0397 e.